The summed E-state index contributed by atoms with van der Waals surface area (Å²) in [5.41, 5.74) is 0.691. The van der Waals surface area contributed by atoms with Crippen molar-refractivity contribution in [3.63, 3.8) is 0 Å². The van der Waals surface area contributed by atoms with Gasteiger partial charge in [0.05, 0.1) is 22.0 Å². The molecule has 2 aromatic rings. The number of piperidine rings is 1. The number of rotatable bonds is 5. The number of nitro groups is 2. The molecule has 0 radical (unpaired) electrons. The van der Waals surface area contributed by atoms with E-state index >= 15 is 0 Å². The largest absolute Gasteiger partial charge is 0.388 e. The Morgan fingerprint density at radius 3 is 2.23 bits per heavy atom. The Bertz CT molecular complexity index is 804. The molecule has 26 heavy (non-hydrogen) atoms. The van der Waals surface area contributed by atoms with Crippen LogP contribution in [0.5, 0.6) is 0 Å². The third kappa shape index (κ3) is 3.65. The van der Waals surface area contributed by atoms with E-state index < -0.39 is 16.0 Å². The molecule has 136 valence electrons. The Kier molecular flexibility index (Phi) is 5.13. The molecular weight excluding hydrogens is 338 g/mol. The molecule has 0 spiro atoms. The number of hydrogen-bond donors (Lipinski definition) is 1. The molecular formula is C18H19N3O5. The summed E-state index contributed by atoms with van der Waals surface area (Å²) < 4.78 is 0. The molecule has 1 aliphatic heterocycles. The molecule has 0 aromatic heterocycles. The van der Waals surface area contributed by atoms with Crippen LogP contribution < -0.4 is 4.90 Å². The number of non-ortho nitro benzene ring substituents is 1. The van der Waals surface area contributed by atoms with Crippen LogP contribution in [0.25, 0.3) is 0 Å². The van der Waals surface area contributed by atoms with Gasteiger partial charge in [-0.3, -0.25) is 20.2 Å². The lowest BCUT2D eigenvalue weighted by atomic mass is 9.87. The molecule has 0 bridgehead atoms. The minimum absolute atomic E-state index is 0.0748. The van der Waals surface area contributed by atoms with E-state index in [-0.39, 0.29) is 17.3 Å². The van der Waals surface area contributed by atoms with Crippen molar-refractivity contribution in [3.05, 3.63) is 74.3 Å². The summed E-state index contributed by atoms with van der Waals surface area (Å²) in [5.74, 6) is 0.0748. The lowest BCUT2D eigenvalue weighted by Crippen LogP contribution is -2.36. The molecule has 1 aliphatic rings. The van der Waals surface area contributed by atoms with Crippen molar-refractivity contribution in [1.29, 1.82) is 0 Å². The predicted octanol–water partition coefficient (Wildman–Crippen LogP) is 3.45. The first-order valence-electron chi connectivity index (χ1n) is 8.38. The smallest absolute Gasteiger partial charge is 0.299 e. The second kappa shape index (κ2) is 7.49. The van der Waals surface area contributed by atoms with Crippen LogP contribution >= 0.6 is 0 Å². The van der Waals surface area contributed by atoms with Crippen molar-refractivity contribution in [2.24, 2.45) is 5.92 Å². The monoisotopic (exact) mass is 357 g/mol. The van der Waals surface area contributed by atoms with E-state index in [1.807, 2.05) is 35.2 Å². The topological polar surface area (TPSA) is 110 Å². The fourth-order valence-electron chi connectivity index (χ4n) is 3.42. The van der Waals surface area contributed by atoms with E-state index in [4.69, 9.17) is 0 Å². The second-order valence-electron chi connectivity index (χ2n) is 6.37. The highest BCUT2D eigenvalue weighted by Crippen LogP contribution is 2.37. The minimum Gasteiger partial charge on any atom is -0.388 e. The van der Waals surface area contributed by atoms with Gasteiger partial charge in [0.2, 0.25) is 0 Å². The number of aliphatic hydroxyl groups is 1. The number of anilines is 1. The fourth-order valence-corrected chi connectivity index (χ4v) is 3.42. The first-order valence-corrected chi connectivity index (χ1v) is 8.38. The molecule has 1 heterocycles. The average Bonchev–Trinajstić information content (AvgIpc) is 2.67. The van der Waals surface area contributed by atoms with E-state index in [2.05, 4.69) is 0 Å². The Balaban J connectivity index is 1.74. The number of nitro benzene ring substituents is 2. The van der Waals surface area contributed by atoms with Gasteiger partial charge in [0.15, 0.2) is 0 Å². The van der Waals surface area contributed by atoms with Gasteiger partial charge in [0.25, 0.3) is 11.4 Å². The minimum atomic E-state index is -0.640. The zero-order valence-corrected chi connectivity index (χ0v) is 14.0. The standard InChI is InChI=1S/C18H19N3O5/c22-18(13-4-2-1-3-5-13)14-8-10-19(11-9-14)16-7-6-15(20(23)24)12-17(16)21(25)26/h1-7,12,14,18,22H,8-11H2. The van der Waals surface area contributed by atoms with Gasteiger partial charge in [-0.1, -0.05) is 30.3 Å². The molecule has 0 amide bonds. The predicted molar refractivity (Wildman–Crippen MR) is 96.1 cm³/mol. The molecule has 8 nitrogen and oxygen atoms in total. The van der Waals surface area contributed by atoms with Crippen LogP contribution in [0.2, 0.25) is 0 Å². The molecule has 3 rings (SSSR count). The summed E-state index contributed by atoms with van der Waals surface area (Å²) in [6, 6.07) is 13.2. The van der Waals surface area contributed by atoms with Gasteiger partial charge in [0.1, 0.15) is 5.69 Å². The third-order valence-electron chi connectivity index (χ3n) is 4.83. The van der Waals surface area contributed by atoms with Gasteiger partial charge in [0, 0.05) is 19.2 Å². The number of benzene rings is 2. The zero-order chi connectivity index (χ0) is 18.7. The van der Waals surface area contributed by atoms with Crippen molar-refractivity contribution in [3.8, 4) is 0 Å². The van der Waals surface area contributed by atoms with Crippen LogP contribution in [0.3, 0.4) is 0 Å². The van der Waals surface area contributed by atoms with Crippen LogP contribution in [0.4, 0.5) is 17.1 Å². The fraction of sp³-hybridized carbons (Fsp3) is 0.333. The van der Waals surface area contributed by atoms with E-state index in [9.17, 15) is 25.3 Å². The highest BCUT2D eigenvalue weighted by molar-refractivity contribution is 5.67. The molecule has 2 aromatic carbocycles. The summed E-state index contributed by atoms with van der Waals surface area (Å²) >= 11 is 0. The van der Waals surface area contributed by atoms with Gasteiger partial charge in [-0.15, -0.1) is 0 Å². The van der Waals surface area contributed by atoms with Crippen LogP contribution in [0.15, 0.2) is 48.5 Å². The van der Waals surface area contributed by atoms with Crippen molar-refractivity contribution < 1.29 is 15.0 Å². The molecule has 1 N–H and O–H groups in total. The normalized spacial score (nSPS) is 16.3. The molecule has 1 unspecified atom stereocenters. The molecule has 8 heteroatoms. The molecule has 0 saturated carbocycles. The summed E-state index contributed by atoms with van der Waals surface area (Å²) in [4.78, 5) is 22.8. The molecule has 0 aliphatic carbocycles. The van der Waals surface area contributed by atoms with Crippen molar-refractivity contribution in [2.45, 2.75) is 18.9 Å². The molecule has 1 atom stereocenters. The Morgan fingerprint density at radius 2 is 1.65 bits per heavy atom. The Labute approximate surface area is 150 Å². The van der Waals surface area contributed by atoms with E-state index in [1.54, 1.807) is 0 Å². The van der Waals surface area contributed by atoms with Gasteiger partial charge in [-0.25, -0.2) is 0 Å². The summed E-state index contributed by atoms with van der Waals surface area (Å²) in [6.45, 7) is 1.10. The Hall–Kier alpha value is -3.00. The number of aliphatic hydroxyl groups excluding tert-OH is 1. The third-order valence-corrected chi connectivity index (χ3v) is 4.83. The maximum atomic E-state index is 11.3. The van der Waals surface area contributed by atoms with Crippen LogP contribution in [0, 0.1) is 26.1 Å². The summed E-state index contributed by atoms with van der Waals surface area (Å²) in [6.07, 6.45) is 0.805. The number of hydrogen-bond acceptors (Lipinski definition) is 6. The molecule has 1 saturated heterocycles. The highest BCUT2D eigenvalue weighted by Gasteiger charge is 2.30. The summed E-state index contributed by atoms with van der Waals surface area (Å²) in [5, 5.41) is 32.7. The first kappa shape index (κ1) is 17.8. The summed E-state index contributed by atoms with van der Waals surface area (Å²) in [7, 11) is 0. The van der Waals surface area contributed by atoms with E-state index in [0.717, 1.165) is 11.6 Å². The van der Waals surface area contributed by atoms with Crippen LogP contribution in [-0.4, -0.2) is 28.0 Å². The van der Waals surface area contributed by atoms with Gasteiger partial charge < -0.3 is 10.0 Å². The van der Waals surface area contributed by atoms with Crippen LogP contribution in [-0.2, 0) is 0 Å². The molecule has 1 fully saturated rings. The van der Waals surface area contributed by atoms with E-state index in [1.165, 1.54) is 12.1 Å². The lowest BCUT2D eigenvalue weighted by Gasteiger charge is -2.35. The van der Waals surface area contributed by atoms with Gasteiger partial charge in [-0.05, 0) is 30.4 Å². The highest BCUT2D eigenvalue weighted by atomic mass is 16.6. The van der Waals surface area contributed by atoms with Crippen molar-refractivity contribution in [2.75, 3.05) is 18.0 Å². The van der Waals surface area contributed by atoms with Crippen molar-refractivity contribution in [1.82, 2.24) is 0 Å². The van der Waals surface area contributed by atoms with Gasteiger partial charge in [-0.2, -0.15) is 0 Å². The quantitative estimate of drug-likeness (QED) is 0.648. The SMILES string of the molecule is O=[N+]([O-])c1ccc(N2CCC(C(O)c3ccccc3)CC2)c([N+](=O)[O-])c1. The first-order chi connectivity index (χ1) is 12.5. The maximum Gasteiger partial charge on any atom is 0.299 e. The van der Waals surface area contributed by atoms with Crippen LogP contribution in [0.1, 0.15) is 24.5 Å². The van der Waals surface area contributed by atoms with E-state index in [0.29, 0.717) is 31.6 Å². The van der Waals surface area contributed by atoms with Gasteiger partial charge >= 0.3 is 0 Å². The zero-order valence-electron chi connectivity index (χ0n) is 14.0. The number of nitrogens with zero attached hydrogens (tertiary/aromatic N) is 3. The average molecular weight is 357 g/mol. The second-order valence-corrected chi connectivity index (χ2v) is 6.37. The van der Waals surface area contributed by atoms with Crippen molar-refractivity contribution >= 4 is 17.1 Å². The maximum absolute atomic E-state index is 11.3. The Morgan fingerprint density at radius 1 is 1.00 bits per heavy atom. The lowest BCUT2D eigenvalue weighted by molar-refractivity contribution is -0.393.